The van der Waals surface area contributed by atoms with Crippen LogP contribution in [0, 0.1) is 6.92 Å². The fourth-order valence-corrected chi connectivity index (χ4v) is 2.01. The van der Waals surface area contributed by atoms with E-state index in [-0.39, 0.29) is 0 Å². The summed E-state index contributed by atoms with van der Waals surface area (Å²) in [7, 11) is 0. The molecule has 1 saturated heterocycles. The molecule has 1 aliphatic rings. The van der Waals surface area contributed by atoms with Gasteiger partial charge in [-0.25, -0.2) is 0 Å². The van der Waals surface area contributed by atoms with Gasteiger partial charge < -0.3 is 5.32 Å². The van der Waals surface area contributed by atoms with E-state index < -0.39 is 0 Å². The lowest BCUT2D eigenvalue weighted by Crippen LogP contribution is -2.20. The summed E-state index contributed by atoms with van der Waals surface area (Å²) in [6.07, 6.45) is 7.22. The topological polar surface area (TPSA) is 40.7 Å². The number of nitrogens with zero attached hydrogens (tertiary/aromatic N) is 1. The van der Waals surface area contributed by atoms with Gasteiger partial charge >= 0.3 is 0 Å². The summed E-state index contributed by atoms with van der Waals surface area (Å²) >= 11 is 0. The Bertz CT molecular complexity index is 259. The first-order chi connectivity index (χ1) is 6.38. The smallest absolute Gasteiger partial charge is 0.0537 e. The van der Waals surface area contributed by atoms with Gasteiger partial charge in [0, 0.05) is 17.3 Å². The lowest BCUT2D eigenvalue weighted by molar-refractivity contribution is 0.532. The van der Waals surface area contributed by atoms with Crippen LogP contribution in [0.15, 0.2) is 6.20 Å². The largest absolute Gasteiger partial charge is 0.310 e. The van der Waals surface area contributed by atoms with Crippen molar-refractivity contribution in [3.63, 3.8) is 0 Å². The maximum Gasteiger partial charge on any atom is 0.0537 e. The van der Waals surface area contributed by atoms with Gasteiger partial charge in [-0.15, -0.1) is 0 Å². The summed E-state index contributed by atoms with van der Waals surface area (Å²) in [6, 6.07) is 0.529. The fraction of sp³-hybridized carbons (Fsp3) is 0.700. The summed E-state index contributed by atoms with van der Waals surface area (Å²) in [5.74, 6) is 0. The number of hydrogen-bond acceptors (Lipinski definition) is 2. The normalized spacial score (nSPS) is 24.2. The summed E-state index contributed by atoms with van der Waals surface area (Å²) < 4.78 is 0. The number of hydrogen-bond donors (Lipinski definition) is 2. The van der Waals surface area contributed by atoms with E-state index in [1.54, 1.807) is 0 Å². The third kappa shape index (κ3) is 1.91. The highest BCUT2D eigenvalue weighted by Crippen LogP contribution is 2.23. The van der Waals surface area contributed by atoms with E-state index in [2.05, 4.69) is 22.4 Å². The molecule has 1 fully saturated rings. The van der Waals surface area contributed by atoms with Crippen molar-refractivity contribution in [2.24, 2.45) is 0 Å². The SMILES string of the molecule is Cc1[nH]ncc1C1CCCCCN1. The summed E-state index contributed by atoms with van der Waals surface area (Å²) in [5.41, 5.74) is 2.56. The predicted octanol–water partition coefficient (Wildman–Crippen LogP) is 1.92. The fourth-order valence-electron chi connectivity index (χ4n) is 2.01. The lowest BCUT2D eigenvalue weighted by atomic mass is 10.0. The zero-order valence-electron chi connectivity index (χ0n) is 8.14. The molecule has 3 heteroatoms. The minimum absolute atomic E-state index is 0.529. The number of aromatic nitrogens is 2. The molecule has 0 radical (unpaired) electrons. The predicted molar refractivity (Wildman–Crippen MR) is 52.5 cm³/mol. The number of rotatable bonds is 1. The monoisotopic (exact) mass is 179 g/mol. The first-order valence-electron chi connectivity index (χ1n) is 5.11. The molecule has 2 rings (SSSR count). The third-order valence-corrected chi connectivity index (χ3v) is 2.80. The van der Waals surface area contributed by atoms with Crippen molar-refractivity contribution in [2.45, 2.75) is 38.6 Å². The van der Waals surface area contributed by atoms with Crippen LogP contribution in [0.2, 0.25) is 0 Å². The Balaban J connectivity index is 2.10. The molecule has 0 aliphatic carbocycles. The molecule has 1 aromatic heterocycles. The van der Waals surface area contributed by atoms with Gasteiger partial charge in [-0.1, -0.05) is 12.8 Å². The number of nitrogens with one attached hydrogen (secondary N) is 2. The molecule has 0 bridgehead atoms. The van der Waals surface area contributed by atoms with Crippen LogP contribution in [0.25, 0.3) is 0 Å². The molecule has 0 aromatic carbocycles. The Morgan fingerprint density at radius 2 is 2.31 bits per heavy atom. The van der Waals surface area contributed by atoms with Crippen molar-refractivity contribution < 1.29 is 0 Å². The zero-order valence-corrected chi connectivity index (χ0v) is 8.14. The molecule has 13 heavy (non-hydrogen) atoms. The summed E-state index contributed by atoms with van der Waals surface area (Å²) in [4.78, 5) is 0. The van der Waals surface area contributed by atoms with Crippen molar-refractivity contribution in [1.82, 2.24) is 15.5 Å². The van der Waals surface area contributed by atoms with Crippen molar-refractivity contribution in [3.8, 4) is 0 Å². The average Bonchev–Trinajstić information content (AvgIpc) is 2.43. The molecular formula is C10H17N3. The molecule has 3 nitrogen and oxygen atoms in total. The first kappa shape index (κ1) is 8.75. The third-order valence-electron chi connectivity index (χ3n) is 2.80. The molecule has 2 heterocycles. The van der Waals surface area contributed by atoms with E-state index >= 15 is 0 Å². The van der Waals surface area contributed by atoms with Gasteiger partial charge in [0.15, 0.2) is 0 Å². The highest BCUT2D eigenvalue weighted by Gasteiger charge is 2.16. The summed E-state index contributed by atoms with van der Waals surface area (Å²) in [5, 5.41) is 10.6. The van der Waals surface area contributed by atoms with Gasteiger partial charge in [0.05, 0.1) is 6.20 Å². The molecule has 1 atom stereocenters. The molecular weight excluding hydrogens is 162 g/mol. The maximum absolute atomic E-state index is 4.06. The number of aromatic amines is 1. The van der Waals surface area contributed by atoms with Gasteiger partial charge in [0.1, 0.15) is 0 Å². The van der Waals surface area contributed by atoms with E-state index in [1.165, 1.54) is 36.9 Å². The Morgan fingerprint density at radius 1 is 1.38 bits per heavy atom. The zero-order chi connectivity index (χ0) is 9.10. The number of H-pyrrole nitrogens is 1. The Kier molecular flexibility index (Phi) is 2.64. The molecule has 2 N–H and O–H groups in total. The van der Waals surface area contributed by atoms with E-state index in [1.807, 2.05) is 6.20 Å². The first-order valence-corrected chi connectivity index (χ1v) is 5.11. The van der Waals surface area contributed by atoms with Crippen molar-refractivity contribution in [3.05, 3.63) is 17.5 Å². The van der Waals surface area contributed by atoms with Gasteiger partial charge in [0.2, 0.25) is 0 Å². The standard InChI is InChI=1S/C10H17N3/c1-8-9(7-12-13-8)10-5-3-2-4-6-11-10/h7,10-11H,2-6H2,1H3,(H,12,13). The molecule has 1 unspecified atom stereocenters. The highest BCUT2D eigenvalue weighted by atomic mass is 15.1. The molecule has 0 amide bonds. The summed E-state index contributed by atoms with van der Waals surface area (Å²) in [6.45, 7) is 3.24. The second-order valence-corrected chi connectivity index (χ2v) is 3.81. The van der Waals surface area contributed by atoms with Crippen LogP contribution in [0.5, 0.6) is 0 Å². The maximum atomic E-state index is 4.06. The highest BCUT2D eigenvalue weighted by molar-refractivity contribution is 5.19. The molecule has 72 valence electrons. The molecule has 0 spiro atoms. The van der Waals surface area contributed by atoms with Crippen LogP contribution in [0.1, 0.15) is 43.0 Å². The van der Waals surface area contributed by atoms with Crippen LogP contribution in [0.4, 0.5) is 0 Å². The van der Waals surface area contributed by atoms with Crippen molar-refractivity contribution >= 4 is 0 Å². The molecule has 1 aromatic rings. The molecule has 1 aliphatic heterocycles. The van der Waals surface area contributed by atoms with Crippen molar-refractivity contribution in [1.29, 1.82) is 0 Å². The number of aryl methyl sites for hydroxylation is 1. The Labute approximate surface area is 78.9 Å². The van der Waals surface area contributed by atoms with E-state index in [0.29, 0.717) is 6.04 Å². The van der Waals surface area contributed by atoms with E-state index in [4.69, 9.17) is 0 Å². The van der Waals surface area contributed by atoms with Gasteiger partial charge in [-0.3, -0.25) is 5.10 Å². The van der Waals surface area contributed by atoms with Crippen LogP contribution >= 0.6 is 0 Å². The Hall–Kier alpha value is -0.830. The second kappa shape index (κ2) is 3.92. The quantitative estimate of drug-likeness (QED) is 0.691. The van der Waals surface area contributed by atoms with Crippen LogP contribution in [-0.2, 0) is 0 Å². The van der Waals surface area contributed by atoms with E-state index in [9.17, 15) is 0 Å². The average molecular weight is 179 g/mol. The Morgan fingerprint density at radius 3 is 3.08 bits per heavy atom. The van der Waals surface area contributed by atoms with Crippen LogP contribution < -0.4 is 5.32 Å². The molecule has 0 saturated carbocycles. The van der Waals surface area contributed by atoms with Gasteiger partial charge in [-0.05, 0) is 26.3 Å². The second-order valence-electron chi connectivity index (χ2n) is 3.81. The van der Waals surface area contributed by atoms with Gasteiger partial charge in [-0.2, -0.15) is 5.10 Å². The van der Waals surface area contributed by atoms with E-state index in [0.717, 1.165) is 6.54 Å². The van der Waals surface area contributed by atoms with Crippen LogP contribution in [-0.4, -0.2) is 16.7 Å². The minimum atomic E-state index is 0.529. The lowest BCUT2D eigenvalue weighted by Gasteiger charge is -2.14. The van der Waals surface area contributed by atoms with Crippen LogP contribution in [0.3, 0.4) is 0 Å². The van der Waals surface area contributed by atoms with Crippen molar-refractivity contribution in [2.75, 3.05) is 6.54 Å². The minimum Gasteiger partial charge on any atom is -0.310 e. The van der Waals surface area contributed by atoms with Gasteiger partial charge in [0.25, 0.3) is 0 Å².